The molecule has 0 aliphatic rings. The molecular formula is C16H18N2O4. The number of aryl methyl sites for hydroxylation is 1. The molecule has 0 aliphatic carbocycles. The number of carbonyl (C=O) groups is 2. The molecule has 1 amide bonds. The SMILES string of the molecule is Cc1ccc(-c2nc(CCNC(=O)C(C)C(=O)O)co2)cc1. The average molecular weight is 302 g/mol. The van der Waals surface area contributed by atoms with Gasteiger partial charge in [0.25, 0.3) is 0 Å². The van der Waals surface area contributed by atoms with Gasteiger partial charge in [0.15, 0.2) is 0 Å². The Balaban J connectivity index is 1.89. The molecule has 116 valence electrons. The molecule has 1 aromatic carbocycles. The van der Waals surface area contributed by atoms with Gasteiger partial charge in [0.1, 0.15) is 12.2 Å². The summed E-state index contributed by atoms with van der Waals surface area (Å²) in [5, 5.41) is 11.3. The van der Waals surface area contributed by atoms with Gasteiger partial charge in [-0.25, -0.2) is 4.98 Å². The van der Waals surface area contributed by atoms with Crippen LogP contribution < -0.4 is 5.32 Å². The van der Waals surface area contributed by atoms with Crippen LogP contribution in [0.4, 0.5) is 0 Å². The minimum absolute atomic E-state index is 0.316. The maximum Gasteiger partial charge on any atom is 0.315 e. The summed E-state index contributed by atoms with van der Waals surface area (Å²) in [5.41, 5.74) is 2.75. The smallest absolute Gasteiger partial charge is 0.315 e. The number of carboxylic acid groups (broad SMARTS) is 1. The molecule has 0 fully saturated rings. The van der Waals surface area contributed by atoms with Crippen molar-refractivity contribution in [3.8, 4) is 11.5 Å². The van der Waals surface area contributed by atoms with Crippen molar-refractivity contribution >= 4 is 11.9 Å². The van der Waals surface area contributed by atoms with E-state index in [1.54, 1.807) is 6.26 Å². The van der Waals surface area contributed by atoms with Crippen molar-refractivity contribution in [2.75, 3.05) is 6.54 Å². The van der Waals surface area contributed by atoms with Gasteiger partial charge < -0.3 is 14.8 Å². The van der Waals surface area contributed by atoms with E-state index in [9.17, 15) is 9.59 Å². The topological polar surface area (TPSA) is 92.4 Å². The molecule has 0 aliphatic heterocycles. The molecular weight excluding hydrogens is 284 g/mol. The van der Waals surface area contributed by atoms with E-state index in [1.165, 1.54) is 6.92 Å². The summed E-state index contributed by atoms with van der Waals surface area (Å²) in [7, 11) is 0. The van der Waals surface area contributed by atoms with Crippen LogP contribution in [0.3, 0.4) is 0 Å². The van der Waals surface area contributed by atoms with Crippen LogP contribution in [0.1, 0.15) is 18.2 Å². The third-order valence-corrected chi connectivity index (χ3v) is 3.29. The van der Waals surface area contributed by atoms with Gasteiger partial charge in [-0.15, -0.1) is 0 Å². The summed E-state index contributed by atoms with van der Waals surface area (Å²) in [6, 6.07) is 7.82. The molecule has 0 bridgehead atoms. The van der Waals surface area contributed by atoms with E-state index >= 15 is 0 Å². The average Bonchev–Trinajstić information content (AvgIpc) is 2.95. The van der Waals surface area contributed by atoms with Crippen molar-refractivity contribution in [2.24, 2.45) is 5.92 Å². The minimum Gasteiger partial charge on any atom is -0.481 e. The molecule has 22 heavy (non-hydrogen) atoms. The first-order valence-electron chi connectivity index (χ1n) is 6.99. The first-order chi connectivity index (χ1) is 10.5. The highest BCUT2D eigenvalue weighted by Crippen LogP contribution is 2.19. The number of oxazole rings is 1. The van der Waals surface area contributed by atoms with Crippen LogP contribution in [0.5, 0.6) is 0 Å². The van der Waals surface area contributed by atoms with Gasteiger partial charge in [0, 0.05) is 18.5 Å². The lowest BCUT2D eigenvalue weighted by Crippen LogP contribution is -2.34. The van der Waals surface area contributed by atoms with Crippen LogP contribution >= 0.6 is 0 Å². The van der Waals surface area contributed by atoms with E-state index in [4.69, 9.17) is 9.52 Å². The maximum absolute atomic E-state index is 11.5. The summed E-state index contributed by atoms with van der Waals surface area (Å²) in [6.07, 6.45) is 2.02. The zero-order chi connectivity index (χ0) is 16.1. The summed E-state index contributed by atoms with van der Waals surface area (Å²) in [4.78, 5) is 26.5. The van der Waals surface area contributed by atoms with Crippen molar-refractivity contribution in [1.29, 1.82) is 0 Å². The van der Waals surface area contributed by atoms with E-state index in [-0.39, 0.29) is 0 Å². The Hall–Kier alpha value is -2.63. The molecule has 0 saturated heterocycles. The van der Waals surface area contributed by atoms with Gasteiger partial charge in [-0.3, -0.25) is 9.59 Å². The molecule has 2 aromatic rings. The van der Waals surface area contributed by atoms with Gasteiger partial charge in [-0.05, 0) is 26.0 Å². The lowest BCUT2D eigenvalue weighted by atomic mass is 10.1. The molecule has 2 rings (SSSR count). The predicted octanol–water partition coefficient (Wildman–Crippen LogP) is 2.03. The number of benzene rings is 1. The van der Waals surface area contributed by atoms with E-state index < -0.39 is 17.8 Å². The Kier molecular flexibility index (Phi) is 4.93. The van der Waals surface area contributed by atoms with Crippen LogP contribution in [0.2, 0.25) is 0 Å². The Morgan fingerprint density at radius 1 is 1.32 bits per heavy atom. The molecule has 0 radical (unpaired) electrons. The first-order valence-corrected chi connectivity index (χ1v) is 6.99. The van der Waals surface area contributed by atoms with E-state index in [2.05, 4.69) is 10.3 Å². The highest BCUT2D eigenvalue weighted by Gasteiger charge is 2.19. The van der Waals surface area contributed by atoms with E-state index in [0.29, 0.717) is 24.6 Å². The predicted molar refractivity (Wildman–Crippen MR) is 80.2 cm³/mol. The number of carbonyl (C=O) groups excluding carboxylic acids is 1. The van der Waals surface area contributed by atoms with Gasteiger partial charge in [-0.1, -0.05) is 17.7 Å². The lowest BCUT2D eigenvalue weighted by Gasteiger charge is -2.06. The third kappa shape index (κ3) is 3.94. The first kappa shape index (κ1) is 15.8. The number of amides is 1. The van der Waals surface area contributed by atoms with Crippen molar-refractivity contribution in [1.82, 2.24) is 10.3 Å². The summed E-state index contributed by atoms with van der Waals surface area (Å²) >= 11 is 0. The van der Waals surface area contributed by atoms with Crippen LogP contribution in [-0.4, -0.2) is 28.5 Å². The molecule has 1 atom stereocenters. The van der Waals surface area contributed by atoms with Crippen molar-refractivity contribution < 1.29 is 19.1 Å². The highest BCUT2D eigenvalue weighted by molar-refractivity contribution is 5.96. The van der Waals surface area contributed by atoms with Crippen molar-refractivity contribution in [3.05, 3.63) is 41.8 Å². The van der Waals surface area contributed by atoms with Gasteiger partial charge in [-0.2, -0.15) is 0 Å². The van der Waals surface area contributed by atoms with Crippen LogP contribution in [0, 0.1) is 12.8 Å². The fourth-order valence-electron chi connectivity index (χ4n) is 1.83. The number of nitrogens with one attached hydrogen (secondary N) is 1. The molecule has 1 heterocycles. The monoisotopic (exact) mass is 302 g/mol. The normalized spacial score (nSPS) is 11.9. The van der Waals surface area contributed by atoms with Crippen molar-refractivity contribution in [3.63, 3.8) is 0 Å². The number of carboxylic acids is 1. The minimum atomic E-state index is -1.14. The second-order valence-electron chi connectivity index (χ2n) is 5.11. The number of hydrogen-bond donors (Lipinski definition) is 2. The van der Waals surface area contributed by atoms with Gasteiger partial charge in [0.2, 0.25) is 11.8 Å². The molecule has 0 spiro atoms. The van der Waals surface area contributed by atoms with Crippen molar-refractivity contribution in [2.45, 2.75) is 20.3 Å². The fraction of sp³-hybridized carbons (Fsp3) is 0.312. The van der Waals surface area contributed by atoms with Gasteiger partial charge in [0.05, 0.1) is 5.69 Å². The van der Waals surface area contributed by atoms with Crippen LogP contribution in [0.25, 0.3) is 11.5 Å². The molecule has 6 nitrogen and oxygen atoms in total. The maximum atomic E-state index is 11.5. The van der Waals surface area contributed by atoms with Gasteiger partial charge >= 0.3 is 5.97 Å². The Morgan fingerprint density at radius 2 is 2.00 bits per heavy atom. The highest BCUT2D eigenvalue weighted by atomic mass is 16.4. The molecule has 1 unspecified atom stereocenters. The van der Waals surface area contributed by atoms with Crippen LogP contribution in [0.15, 0.2) is 34.9 Å². The standard InChI is InChI=1S/C16H18N2O4/c1-10-3-5-12(6-4-10)15-18-13(9-22-15)7-8-17-14(19)11(2)16(20)21/h3-6,9,11H,7-8H2,1-2H3,(H,17,19)(H,20,21). The molecule has 0 saturated carbocycles. The summed E-state index contributed by atoms with van der Waals surface area (Å²) in [6.45, 7) is 3.67. The number of rotatable bonds is 6. The molecule has 2 N–H and O–H groups in total. The quantitative estimate of drug-likeness (QED) is 0.796. The number of hydrogen-bond acceptors (Lipinski definition) is 4. The molecule has 1 aromatic heterocycles. The zero-order valence-corrected chi connectivity index (χ0v) is 12.5. The number of aromatic nitrogens is 1. The Labute approximate surface area is 128 Å². The lowest BCUT2D eigenvalue weighted by molar-refractivity contribution is -0.146. The number of nitrogens with zero attached hydrogens (tertiary/aromatic N) is 1. The largest absolute Gasteiger partial charge is 0.481 e. The van der Waals surface area contributed by atoms with E-state index in [1.807, 2.05) is 31.2 Å². The number of aliphatic carboxylic acids is 1. The molecule has 6 heteroatoms. The van der Waals surface area contributed by atoms with E-state index in [0.717, 1.165) is 11.1 Å². The zero-order valence-electron chi connectivity index (χ0n) is 12.5. The summed E-state index contributed by atoms with van der Waals surface area (Å²) in [5.74, 6) is -2.17. The Morgan fingerprint density at radius 3 is 2.64 bits per heavy atom. The second-order valence-corrected chi connectivity index (χ2v) is 5.11. The summed E-state index contributed by atoms with van der Waals surface area (Å²) < 4.78 is 5.42. The van der Waals surface area contributed by atoms with Crippen LogP contribution in [-0.2, 0) is 16.0 Å². The second kappa shape index (κ2) is 6.89. The Bertz CT molecular complexity index is 661. The fourth-order valence-corrected chi connectivity index (χ4v) is 1.83. The third-order valence-electron chi connectivity index (χ3n) is 3.29.